The zero-order valence-electron chi connectivity index (χ0n) is 7.74. The van der Waals surface area contributed by atoms with E-state index in [0.29, 0.717) is 5.56 Å². The molecule has 0 aliphatic carbocycles. The minimum atomic E-state index is -0.288. The second-order valence-corrected chi connectivity index (χ2v) is 2.93. The van der Waals surface area contributed by atoms with Gasteiger partial charge in [0, 0.05) is 5.56 Å². The second-order valence-electron chi connectivity index (χ2n) is 2.93. The minimum absolute atomic E-state index is 0.284. The van der Waals surface area contributed by atoms with E-state index in [1.54, 1.807) is 19.1 Å². The van der Waals surface area contributed by atoms with Gasteiger partial charge >= 0.3 is 0 Å². The molecule has 1 rings (SSSR count). The summed E-state index contributed by atoms with van der Waals surface area (Å²) in [5, 5.41) is 0. The van der Waals surface area contributed by atoms with Gasteiger partial charge in [-0.15, -0.1) is 0 Å². The fraction of sp³-hybridized carbons (Fsp3) is 0.200. The number of benzene rings is 1. The average molecular weight is 176 g/mol. The van der Waals surface area contributed by atoms with Gasteiger partial charge in [-0.25, -0.2) is 0 Å². The van der Waals surface area contributed by atoms with Crippen LogP contribution in [0.1, 0.15) is 22.8 Å². The Balaban J connectivity index is 2.96. The van der Waals surface area contributed by atoms with Gasteiger partial charge in [0.25, 0.3) is 5.91 Å². The number of amides is 1. The maximum absolute atomic E-state index is 11.3. The van der Waals surface area contributed by atoms with Crippen LogP contribution in [0.15, 0.2) is 29.3 Å². The number of hydrogen-bond donors (Lipinski definition) is 1. The Morgan fingerprint density at radius 2 is 2.15 bits per heavy atom. The van der Waals surface area contributed by atoms with E-state index in [0.717, 1.165) is 5.56 Å². The molecule has 0 radical (unpaired) electrons. The third-order valence-electron chi connectivity index (χ3n) is 1.54. The number of hydrogen-bond acceptors (Lipinski definition) is 1. The van der Waals surface area contributed by atoms with E-state index in [1.165, 1.54) is 0 Å². The lowest BCUT2D eigenvalue weighted by Gasteiger charge is -1.97. The van der Waals surface area contributed by atoms with Crippen LogP contribution >= 0.6 is 0 Å². The molecule has 0 atom stereocenters. The van der Waals surface area contributed by atoms with Crippen LogP contribution in [0, 0.1) is 6.92 Å². The summed E-state index contributed by atoms with van der Waals surface area (Å²) in [6.07, 6.45) is 0. The second kappa shape index (κ2) is 3.85. The lowest BCUT2D eigenvalue weighted by atomic mass is 10.1. The molecule has 0 spiro atoms. The quantitative estimate of drug-likeness (QED) is 0.521. The van der Waals surface area contributed by atoms with Crippen molar-refractivity contribution in [3.8, 4) is 0 Å². The van der Waals surface area contributed by atoms with Crippen LogP contribution in [0.5, 0.6) is 0 Å². The fourth-order valence-electron chi connectivity index (χ4n) is 1.00. The van der Waals surface area contributed by atoms with E-state index in [2.05, 4.69) is 4.99 Å². The molecule has 3 nitrogen and oxygen atoms in total. The molecule has 0 fully saturated rings. The number of carbonyl (C=O) groups excluding carboxylic acids is 1. The van der Waals surface area contributed by atoms with Gasteiger partial charge < -0.3 is 5.73 Å². The molecule has 0 heterocycles. The molecule has 0 aromatic heterocycles. The molecular weight excluding hydrogens is 164 g/mol. The summed E-state index contributed by atoms with van der Waals surface area (Å²) < 4.78 is 0. The highest BCUT2D eigenvalue weighted by atomic mass is 16.1. The largest absolute Gasteiger partial charge is 0.387 e. The number of rotatable bonds is 1. The molecule has 13 heavy (non-hydrogen) atoms. The van der Waals surface area contributed by atoms with Crippen molar-refractivity contribution in [1.29, 1.82) is 0 Å². The number of amidine groups is 1. The van der Waals surface area contributed by atoms with Gasteiger partial charge in [0.1, 0.15) is 5.84 Å². The van der Waals surface area contributed by atoms with E-state index in [4.69, 9.17) is 5.73 Å². The van der Waals surface area contributed by atoms with Crippen molar-refractivity contribution in [2.45, 2.75) is 13.8 Å². The SMILES string of the molecule is CC(N)=NC(=O)c1cccc(C)c1. The zero-order chi connectivity index (χ0) is 9.84. The molecule has 3 heteroatoms. The normalized spacial score (nSPS) is 11.4. The fourth-order valence-corrected chi connectivity index (χ4v) is 1.00. The maximum Gasteiger partial charge on any atom is 0.278 e. The Bertz CT molecular complexity index is 352. The van der Waals surface area contributed by atoms with Crippen molar-refractivity contribution in [1.82, 2.24) is 0 Å². The molecule has 0 unspecified atom stereocenters. The van der Waals surface area contributed by atoms with Crippen molar-refractivity contribution >= 4 is 11.7 Å². The maximum atomic E-state index is 11.3. The Hall–Kier alpha value is -1.64. The van der Waals surface area contributed by atoms with E-state index < -0.39 is 0 Å². The van der Waals surface area contributed by atoms with Crippen LogP contribution in [0.25, 0.3) is 0 Å². The van der Waals surface area contributed by atoms with Crippen molar-refractivity contribution in [2.75, 3.05) is 0 Å². The Kier molecular flexibility index (Phi) is 2.80. The highest BCUT2D eigenvalue weighted by Crippen LogP contribution is 2.05. The first-order valence-electron chi connectivity index (χ1n) is 4.01. The van der Waals surface area contributed by atoms with Crippen LogP contribution in [0.3, 0.4) is 0 Å². The highest BCUT2D eigenvalue weighted by Gasteiger charge is 2.02. The standard InChI is InChI=1S/C10H12N2O/c1-7-4-3-5-9(6-7)10(13)12-8(2)11/h3-6H,1-2H3,(H2,11,12,13). The summed E-state index contributed by atoms with van der Waals surface area (Å²) in [7, 11) is 0. The van der Waals surface area contributed by atoms with Crippen LogP contribution < -0.4 is 5.73 Å². The smallest absolute Gasteiger partial charge is 0.278 e. The van der Waals surface area contributed by atoms with Crippen molar-refractivity contribution in [3.05, 3.63) is 35.4 Å². The summed E-state index contributed by atoms with van der Waals surface area (Å²) >= 11 is 0. The molecule has 2 N–H and O–H groups in total. The highest BCUT2D eigenvalue weighted by molar-refractivity contribution is 6.02. The first-order valence-corrected chi connectivity index (χ1v) is 4.01. The van der Waals surface area contributed by atoms with Crippen LogP contribution in [-0.4, -0.2) is 11.7 Å². The van der Waals surface area contributed by atoms with E-state index >= 15 is 0 Å². The Labute approximate surface area is 77.3 Å². The van der Waals surface area contributed by atoms with Gasteiger partial charge in [-0.1, -0.05) is 17.7 Å². The van der Waals surface area contributed by atoms with Gasteiger partial charge in [-0.05, 0) is 26.0 Å². The van der Waals surface area contributed by atoms with Crippen LogP contribution in [0.4, 0.5) is 0 Å². The Morgan fingerprint density at radius 1 is 1.46 bits per heavy atom. The molecule has 0 aliphatic rings. The zero-order valence-corrected chi connectivity index (χ0v) is 7.74. The van der Waals surface area contributed by atoms with Crippen molar-refractivity contribution < 1.29 is 4.79 Å². The summed E-state index contributed by atoms with van der Waals surface area (Å²) in [4.78, 5) is 15.0. The van der Waals surface area contributed by atoms with Crippen LogP contribution in [-0.2, 0) is 0 Å². The number of nitrogens with two attached hydrogens (primary N) is 1. The molecule has 1 aromatic carbocycles. The molecule has 0 bridgehead atoms. The third-order valence-corrected chi connectivity index (χ3v) is 1.54. The summed E-state index contributed by atoms with van der Waals surface area (Å²) in [6.45, 7) is 3.52. The lowest BCUT2D eigenvalue weighted by molar-refractivity contribution is 0.100. The van der Waals surface area contributed by atoms with E-state index in [9.17, 15) is 4.79 Å². The van der Waals surface area contributed by atoms with E-state index in [1.807, 2.05) is 19.1 Å². The Morgan fingerprint density at radius 3 is 2.69 bits per heavy atom. The molecule has 1 amide bonds. The lowest BCUT2D eigenvalue weighted by Crippen LogP contribution is -2.09. The van der Waals surface area contributed by atoms with E-state index in [-0.39, 0.29) is 11.7 Å². The molecular formula is C10H12N2O. The molecule has 1 aromatic rings. The third kappa shape index (κ3) is 2.71. The van der Waals surface area contributed by atoms with Crippen molar-refractivity contribution in [3.63, 3.8) is 0 Å². The summed E-state index contributed by atoms with van der Waals surface area (Å²) in [5.74, 6) is -0.00444. The van der Waals surface area contributed by atoms with Crippen molar-refractivity contribution in [2.24, 2.45) is 10.7 Å². The van der Waals surface area contributed by atoms with Gasteiger partial charge in [-0.2, -0.15) is 4.99 Å². The average Bonchev–Trinajstić information content (AvgIpc) is 2.03. The molecule has 0 saturated carbocycles. The van der Waals surface area contributed by atoms with Gasteiger partial charge in [0.05, 0.1) is 0 Å². The monoisotopic (exact) mass is 176 g/mol. The van der Waals surface area contributed by atoms with Crippen LogP contribution in [0.2, 0.25) is 0 Å². The minimum Gasteiger partial charge on any atom is -0.387 e. The van der Waals surface area contributed by atoms with Gasteiger partial charge in [0.2, 0.25) is 0 Å². The number of nitrogens with zero attached hydrogens (tertiary/aromatic N) is 1. The molecule has 68 valence electrons. The molecule has 0 saturated heterocycles. The van der Waals surface area contributed by atoms with Gasteiger partial charge in [-0.3, -0.25) is 4.79 Å². The topological polar surface area (TPSA) is 55.4 Å². The number of carbonyl (C=O) groups is 1. The summed E-state index contributed by atoms with van der Waals surface area (Å²) in [5.41, 5.74) is 6.91. The molecule has 0 aliphatic heterocycles. The summed E-state index contributed by atoms with van der Waals surface area (Å²) in [6, 6.07) is 7.26. The predicted molar refractivity (Wildman–Crippen MR) is 52.8 cm³/mol. The first-order chi connectivity index (χ1) is 6.09. The predicted octanol–water partition coefficient (Wildman–Crippen LogP) is 1.51. The van der Waals surface area contributed by atoms with Gasteiger partial charge in [0.15, 0.2) is 0 Å². The number of aliphatic imine (C=N–C) groups is 1. The first kappa shape index (κ1) is 9.45. The number of aryl methyl sites for hydroxylation is 1.